The van der Waals surface area contributed by atoms with Crippen LogP contribution in [0.2, 0.25) is 0 Å². The molecule has 3 rings (SSSR count). The fourth-order valence-corrected chi connectivity index (χ4v) is 2.51. The highest BCUT2D eigenvalue weighted by Crippen LogP contribution is 2.17. The molecule has 0 bridgehead atoms. The molecule has 1 unspecified atom stereocenters. The number of hydrogen-bond acceptors (Lipinski definition) is 4. The van der Waals surface area contributed by atoms with Crippen molar-refractivity contribution < 1.29 is 18.3 Å². The van der Waals surface area contributed by atoms with E-state index >= 15 is 0 Å². The zero-order valence-electron chi connectivity index (χ0n) is 13.6. The van der Waals surface area contributed by atoms with E-state index in [0.29, 0.717) is 11.1 Å². The summed E-state index contributed by atoms with van der Waals surface area (Å²) in [5.74, 6) is -1.28. The lowest BCUT2D eigenvalue weighted by Crippen LogP contribution is -2.36. The lowest BCUT2D eigenvalue weighted by molar-refractivity contribution is -0.124. The third-order valence-corrected chi connectivity index (χ3v) is 3.78. The number of benzene rings is 2. The summed E-state index contributed by atoms with van der Waals surface area (Å²) < 4.78 is 25.1. The quantitative estimate of drug-likeness (QED) is 0.697. The first-order valence-electron chi connectivity index (χ1n) is 7.83. The summed E-state index contributed by atoms with van der Waals surface area (Å²) in [5.41, 5.74) is 0.979. The van der Waals surface area contributed by atoms with Gasteiger partial charge < -0.3 is 14.5 Å². The second kappa shape index (κ2) is 7.21. The lowest BCUT2D eigenvalue weighted by Gasteiger charge is -2.13. The van der Waals surface area contributed by atoms with E-state index in [-0.39, 0.29) is 24.8 Å². The van der Waals surface area contributed by atoms with Crippen LogP contribution in [0.5, 0.6) is 5.75 Å². The number of ether oxygens (including phenoxy) is 1. The highest BCUT2D eigenvalue weighted by Gasteiger charge is 2.20. The van der Waals surface area contributed by atoms with Crippen LogP contribution in [0, 0.1) is 5.82 Å². The summed E-state index contributed by atoms with van der Waals surface area (Å²) >= 11 is 0. The Kier molecular flexibility index (Phi) is 4.83. The van der Waals surface area contributed by atoms with Gasteiger partial charge in [0.2, 0.25) is 5.91 Å². The van der Waals surface area contributed by atoms with Crippen molar-refractivity contribution in [3.63, 3.8) is 0 Å². The molecule has 0 spiro atoms. The van der Waals surface area contributed by atoms with E-state index in [9.17, 15) is 14.0 Å². The smallest absolute Gasteiger partial charge is 0.420 e. The topological polar surface area (TPSA) is 73.5 Å². The van der Waals surface area contributed by atoms with Crippen LogP contribution < -0.4 is 15.8 Å². The Bertz CT molecular complexity index is 947. The summed E-state index contributed by atoms with van der Waals surface area (Å²) in [6.45, 7) is 1.90. The van der Waals surface area contributed by atoms with Gasteiger partial charge in [0.15, 0.2) is 17.1 Å². The summed E-state index contributed by atoms with van der Waals surface area (Å²) in [6.07, 6.45) is 0. The maximum absolute atomic E-state index is 13.4. The minimum absolute atomic E-state index is 0.112. The zero-order chi connectivity index (χ0) is 17.8. The number of amides is 1. The Hall–Kier alpha value is -3.09. The molecule has 0 fully saturated rings. The van der Waals surface area contributed by atoms with Gasteiger partial charge in [0, 0.05) is 0 Å². The molecule has 1 heterocycles. The summed E-state index contributed by atoms with van der Waals surface area (Å²) in [6, 6.07) is 12.2. The van der Waals surface area contributed by atoms with Crippen LogP contribution in [0.4, 0.5) is 4.39 Å². The van der Waals surface area contributed by atoms with Crippen molar-refractivity contribution in [2.24, 2.45) is 0 Å². The van der Waals surface area contributed by atoms with Gasteiger partial charge in [-0.15, -0.1) is 0 Å². The molecular weight excluding hydrogens is 327 g/mol. The molecule has 0 aliphatic rings. The predicted octanol–water partition coefficient (Wildman–Crippen LogP) is 2.49. The monoisotopic (exact) mass is 344 g/mol. The summed E-state index contributed by atoms with van der Waals surface area (Å²) in [7, 11) is 0. The van der Waals surface area contributed by atoms with Crippen LogP contribution in [0.3, 0.4) is 0 Å². The first-order valence-corrected chi connectivity index (χ1v) is 7.83. The van der Waals surface area contributed by atoms with Crippen molar-refractivity contribution >= 4 is 17.0 Å². The number of para-hydroxylation sites is 3. The second-order valence-corrected chi connectivity index (χ2v) is 5.45. The molecule has 130 valence electrons. The van der Waals surface area contributed by atoms with Crippen LogP contribution in [-0.2, 0) is 4.79 Å². The third-order valence-electron chi connectivity index (χ3n) is 3.78. The zero-order valence-corrected chi connectivity index (χ0v) is 13.6. The number of rotatable bonds is 6. The Morgan fingerprint density at radius 2 is 1.96 bits per heavy atom. The van der Waals surface area contributed by atoms with Crippen LogP contribution >= 0.6 is 0 Å². The van der Waals surface area contributed by atoms with Crippen LogP contribution in [0.25, 0.3) is 11.1 Å². The fraction of sp³-hybridized carbons (Fsp3) is 0.222. The van der Waals surface area contributed by atoms with Crippen molar-refractivity contribution in [2.45, 2.75) is 13.0 Å². The van der Waals surface area contributed by atoms with Gasteiger partial charge in [-0.2, -0.15) is 0 Å². The van der Waals surface area contributed by atoms with Gasteiger partial charge in [-0.3, -0.25) is 9.36 Å². The van der Waals surface area contributed by atoms with Gasteiger partial charge >= 0.3 is 5.76 Å². The maximum atomic E-state index is 13.4. The van der Waals surface area contributed by atoms with E-state index in [1.165, 1.54) is 16.7 Å². The first kappa shape index (κ1) is 16.8. The van der Waals surface area contributed by atoms with Crippen molar-refractivity contribution in [3.05, 3.63) is 64.9 Å². The molecule has 7 heteroatoms. The third kappa shape index (κ3) is 3.55. The number of fused-ring (bicyclic) bond motifs is 1. The molecule has 0 aliphatic carbocycles. The number of aromatic nitrogens is 1. The van der Waals surface area contributed by atoms with Gasteiger partial charge in [-0.05, 0) is 31.2 Å². The molecule has 25 heavy (non-hydrogen) atoms. The molecule has 1 aromatic heterocycles. The molecule has 0 radical (unpaired) electrons. The number of nitrogens with one attached hydrogen (secondary N) is 1. The minimum atomic E-state index is -0.746. The highest BCUT2D eigenvalue weighted by atomic mass is 19.1. The lowest BCUT2D eigenvalue weighted by atomic mass is 10.2. The van der Waals surface area contributed by atoms with Crippen molar-refractivity contribution in [2.75, 3.05) is 13.2 Å². The van der Waals surface area contributed by atoms with E-state index in [4.69, 9.17) is 9.15 Å². The molecule has 1 amide bonds. The van der Waals surface area contributed by atoms with Gasteiger partial charge in [0.25, 0.3) is 0 Å². The molecule has 0 aliphatic heterocycles. The second-order valence-electron chi connectivity index (χ2n) is 5.45. The highest BCUT2D eigenvalue weighted by molar-refractivity contribution is 5.82. The van der Waals surface area contributed by atoms with Crippen molar-refractivity contribution in [3.8, 4) is 5.75 Å². The van der Waals surface area contributed by atoms with Crippen molar-refractivity contribution in [1.29, 1.82) is 0 Å². The predicted molar refractivity (Wildman–Crippen MR) is 90.1 cm³/mol. The Balaban J connectivity index is 1.60. The Labute approximate surface area is 142 Å². The Morgan fingerprint density at radius 3 is 2.76 bits per heavy atom. The summed E-state index contributed by atoms with van der Waals surface area (Å²) in [5, 5.41) is 2.66. The van der Waals surface area contributed by atoms with E-state index in [2.05, 4.69) is 5.32 Å². The number of nitrogens with zero attached hydrogens (tertiary/aromatic N) is 1. The standard InChI is InChI=1S/C18H17FN2O4/c1-12(21-14-7-3-5-9-16(14)25-18(21)23)17(22)20-10-11-24-15-8-4-2-6-13(15)19/h2-9,12H,10-11H2,1H3,(H,20,22). The molecule has 3 aromatic rings. The molecule has 2 aromatic carbocycles. The van der Waals surface area contributed by atoms with E-state index in [1.54, 1.807) is 43.3 Å². The normalized spacial score (nSPS) is 12.1. The van der Waals surface area contributed by atoms with Gasteiger partial charge in [0.05, 0.1) is 12.1 Å². The molecule has 0 saturated carbocycles. The molecule has 6 nitrogen and oxygen atoms in total. The van der Waals surface area contributed by atoms with Gasteiger partial charge in [-0.1, -0.05) is 24.3 Å². The average Bonchev–Trinajstić information content (AvgIpc) is 2.95. The molecule has 0 saturated heterocycles. The number of hydrogen-bond donors (Lipinski definition) is 1. The van der Waals surface area contributed by atoms with Crippen molar-refractivity contribution in [1.82, 2.24) is 9.88 Å². The van der Waals surface area contributed by atoms with Crippen LogP contribution in [0.1, 0.15) is 13.0 Å². The largest absolute Gasteiger partial charge is 0.489 e. The minimum Gasteiger partial charge on any atom is -0.489 e. The van der Waals surface area contributed by atoms with Crippen LogP contribution in [-0.4, -0.2) is 23.6 Å². The van der Waals surface area contributed by atoms with Gasteiger partial charge in [0.1, 0.15) is 12.6 Å². The fourth-order valence-electron chi connectivity index (χ4n) is 2.51. The SMILES string of the molecule is CC(C(=O)NCCOc1ccccc1F)n1c(=O)oc2ccccc21. The van der Waals surface area contributed by atoms with Crippen LogP contribution in [0.15, 0.2) is 57.7 Å². The van der Waals surface area contributed by atoms with E-state index < -0.39 is 17.6 Å². The number of halogens is 1. The van der Waals surface area contributed by atoms with Gasteiger partial charge in [-0.25, -0.2) is 9.18 Å². The number of carbonyl (C=O) groups is 1. The molecular formula is C18H17FN2O4. The summed E-state index contributed by atoms with van der Waals surface area (Å²) in [4.78, 5) is 24.3. The van der Waals surface area contributed by atoms with E-state index in [0.717, 1.165) is 0 Å². The number of carbonyl (C=O) groups excluding carboxylic acids is 1. The average molecular weight is 344 g/mol. The number of oxazole rings is 1. The van der Waals surface area contributed by atoms with E-state index in [1.807, 2.05) is 0 Å². The first-order chi connectivity index (χ1) is 12.1. The Morgan fingerprint density at radius 1 is 1.24 bits per heavy atom. The molecule has 1 atom stereocenters. The molecule has 1 N–H and O–H groups in total. The maximum Gasteiger partial charge on any atom is 0.420 e.